The van der Waals surface area contributed by atoms with Crippen molar-refractivity contribution in [1.82, 2.24) is 9.97 Å². The van der Waals surface area contributed by atoms with Crippen LogP contribution in [0.15, 0.2) is 120 Å². The number of aromatic amines is 1. The van der Waals surface area contributed by atoms with Crippen molar-refractivity contribution in [2.24, 2.45) is 0 Å². The van der Waals surface area contributed by atoms with Crippen LogP contribution in [0.1, 0.15) is 11.4 Å². The highest BCUT2D eigenvalue weighted by Gasteiger charge is 2.29. The molecule has 166 valence electrons. The molecule has 1 aliphatic heterocycles. The Morgan fingerprint density at radius 2 is 1.37 bits per heavy atom. The molecule has 2 heterocycles. The number of nitrogens with one attached hydrogen (secondary N) is 1. The van der Waals surface area contributed by atoms with Gasteiger partial charge in [-0.25, -0.2) is 4.98 Å². The lowest BCUT2D eigenvalue weighted by molar-refractivity contribution is 1.23. The summed E-state index contributed by atoms with van der Waals surface area (Å²) in [5.74, 6) is 0.575. The highest BCUT2D eigenvalue weighted by atomic mass is 32.2. The van der Waals surface area contributed by atoms with E-state index >= 15 is 0 Å². The molecular weight excluding hydrogens is 448 g/mol. The molecule has 0 spiro atoms. The van der Waals surface area contributed by atoms with Crippen molar-refractivity contribution in [1.29, 1.82) is 5.26 Å². The fraction of sp³-hybridized carbons (Fsp3) is 0. The van der Waals surface area contributed by atoms with Crippen LogP contribution in [0, 0.1) is 11.3 Å². The second-order valence-corrected chi connectivity index (χ2v) is 8.99. The molecule has 4 nitrogen and oxygen atoms in total. The Kier molecular flexibility index (Phi) is 5.42. The maximum atomic E-state index is 10.2. The normalized spacial score (nSPS) is 14.6. The fourth-order valence-corrected chi connectivity index (χ4v) is 5.30. The molecule has 1 aliphatic rings. The number of rotatable bonds is 4. The molecule has 1 N–H and O–H groups in total. The molecule has 0 amide bonds. The van der Waals surface area contributed by atoms with Crippen molar-refractivity contribution in [2.75, 3.05) is 4.90 Å². The van der Waals surface area contributed by atoms with E-state index < -0.39 is 0 Å². The van der Waals surface area contributed by atoms with Gasteiger partial charge in [0.1, 0.15) is 16.7 Å². The minimum absolute atomic E-state index is 0.516. The largest absolute Gasteiger partial charge is 0.337 e. The van der Waals surface area contributed by atoms with Gasteiger partial charge in [-0.3, -0.25) is 0 Å². The Morgan fingerprint density at radius 1 is 0.743 bits per heavy atom. The summed E-state index contributed by atoms with van der Waals surface area (Å²) in [6.45, 7) is 0. The number of imidazole rings is 1. The van der Waals surface area contributed by atoms with Gasteiger partial charge in [0.15, 0.2) is 5.82 Å². The molecule has 1 aromatic heterocycles. The maximum absolute atomic E-state index is 10.2. The third-order valence-corrected chi connectivity index (χ3v) is 6.93. The Hall–Kier alpha value is -4.53. The number of H-pyrrole nitrogens is 1. The number of hydrogen-bond acceptors (Lipinski definition) is 4. The van der Waals surface area contributed by atoms with Crippen molar-refractivity contribution >= 4 is 39.8 Å². The van der Waals surface area contributed by atoms with Crippen LogP contribution in [0.3, 0.4) is 0 Å². The van der Waals surface area contributed by atoms with Crippen LogP contribution in [0.2, 0.25) is 0 Å². The average Bonchev–Trinajstić information content (AvgIpc) is 3.55. The molecule has 0 bridgehead atoms. The number of nitrogens with zero attached hydrogens (tertiary/aromatic N) is 3. The first-order valence-corrected chi connectivity index (χ1v) is 12.2. The molecule has 0 radical (unpaired) electrons. The number of aromatic nitrogens is 2. The van der Waals surface area contributed by atoms with Gasteiger partial charge in [-0.05, 0) is 41.0 Å². The predicted molar refractivity (Wildman–Crippen MR) is 145 cm³/mol. The summed E-state index contributed by atoms with van der Waals surface area (Å²) in [6, 6.07) is 39.3. The lowest BCUT2D eigenvalue weighted by atomic mass is 10.0. The molecular formula is C30H20N4S. The lowest BCUT2D eigenvalue weighted by Gasteiger charge is -2.24. The number of nitriles is 1. The topological polar surface area (TPSA) is 55.7 Å². The number of allylic oxidation sites excluding steroid dienone is 1. The molecule has 0 unspecified atom stereocenters. The summed E-state index contributed by atoms with van der Waals surface area (Å²) < 4.78 is 0. The van der Waals surface area contributed by atoms with E-state index in [1.165, 1.54) is 11.1 Å². The Balaban J connectivity index is 1.45. The second-order valence-electron chi connectivity index (χ2n) is 8.13. The van der Waals surface area contributed by atoms with E-state index in [0.29, 0.717) is 11.4 Å². The minimum Gasteiger partial charge on any atom is -0.337 e. The Morgan fingerprint density at radius 3 is 2.09 bits per heavy atom. The van der Waals surface area contributed by atoms with Gasteiger partial charge in [0.2, 0.25) is 0 Å². The van der Waals surface area contributed by atoms with E-state index in [0.717, 1.165) is 33.0 Å². The van der Waals surface area contributed by atoms with Crippen LogP contribution in [0.5, 0.6) is 0 Å². The quantitative estimate of drug-likeness (QED) is 0.275. The summed E-state index contributed by atoms with van der Waals surface area (Å²) >= 11 is 1.55. The molecule has 0 saturated carbocycles. The Bertz CT molecular complexity index is 1580. The number of para-hydroxylation sites is 3. The molecule has 0 saturated heterocycles. The maximum Gasteiger partial charge on any atom is 0.151 e. The van der Waals surface area contributed by atoms with E-state index in [-0.39, 0.29) is 0 Å². The summed E-state index contributed by atoms with van der Waals surface area (Å²) in [6.07, 6.45) is 0. The molecule has 6 rings (SSSR count). The monoisotopic (exact) mass is 468 g/mol. The zero-order chi connectivity index (χ0) is 23.6. The SMILES string of the molecule is N#CC(=C1SC=C(c2ccc(-c3ccccc3)cc2)N1c1ccccc1)c1nc2ccccc2[nH]1. The molecule has 35 heavy (non-hydrogen) atoms. The summed E-state index contributed by atoms with van der Waals surface area (Å²) in [5.41, 5.74) is 7.73. The van der Waals surface area contributed by atoms with Gasteiger partial charge in [0.05, 0.1) is 16.7 Å². The summed E-state index contributed by atoms with van der Waals surface area (Å²) in [4.78, 5) is 10.2. The fourth-order valence-electron chi connectivity index (χ4n) is 4.27. The van der Waals surface area contributed by atoms with E-state index in [1.54, 1.807) is 11.8 Å². The van der Waals surface area contributed by atoms with Crippen LogP contribution in [0.25, 0.3) is 33.4 Å². The molecule has 5 heteroatoms. The number of benzene rings is 4. The second kappa shape index (κ2) is 9.02. The first-order valence-electron chi connectivity index (χ1n) is 11.3. The first-order chi connectivity index (χ1) is 17.3. The van der Waals surface area contributed by atoms with Crippen molar-refractivity contribution in [3.8, 4) is 17.2 Å². The van der Waals surface area contributed by atoms with Crippen LogP contribution in [-0.4, -0.2) is 9.97 Å². The zero-order valence-corrected chi connectivity index (χ0v) is 19.5. The van der Waals surface area contributed by atoms with E-state index in [1.807, 2.05) is 48.5 Å². The van der Waals surface area contributed by atoms with E-state index in [4.69, 9.17) is 4.98 Å². The van der Waals surface area contributed by atoms with Gasteiger partial charge in [0, 0.05) is 11.1 Å². The van der Waals surface area contributed by atoms with Crippen LogP contribution in [-0.2, 0) is 0 Å². The first kappa shape index (κ1) is 21.0. The van der Waals surface area contributed by atoms with Gasteiger partial charge in [-0.1, -0.05) is 96.7 Å². The summed E-state index contributed by atoms with van der Waals surface area (Å²) in [5, 5.41) is 13.2. The predicted octanol–water partition coefficient (Wildman–Crippen LogP) is 7.67. The standard InChI is InChI=1S/C30H20N4S/c31-19-25(29-32-26-13-7-8-14-27(26)33-29)30-34(24-11-5-2-6-12-24)28(20-35-30)23-17-15-22(16-18-23)21-9-3-1-4-10-21/h1-18,20H,(H,32,33). The number of fused-ring (bicyclic) bond motifs is 1. The van der Waals surface area contributed by atoms with Gasteiger partial charge in [-0.2, -0.15) is 5.26 Å². The number of anilines is 1. The average molecular weight is 469 g/mol. The molecule has 4 aromatic carbocycles. The number of thioether (sulfide) groups is 1. The van der Waals surface area contributed by atoms with Crippen molar-refractivity contribution in [3.05, 3.63) is 131 Å². The van der Waals surface area contributed by atoms with Crippen molar-refractivity contribution in [2.45, 2.75) is 0 Å². The van der Waals surface area contributed by atoms with Gasteiger partial charge < -0.3 is 9.88 Å². The van der Waals surface area contributed by atoms with E-state index in [9.17, 15) is 5.26 Å². The van der Waals surface area contributed by atoms with Gasteiger partial charge >= 0.3 is 0 Å². The van der Waals surface area contributed by atoms with E-state index in [2.05, 4.69) is 82.0 Å². The van der Waals surface area contributed by atoms with Crippen molar-refractivity contribution < 1.29 is 0 Å². The zero-order valence-electron chi connectivity index (χ0n) is 18.7. The molecule has 0 atom stereocenters. The smallest absolute Gasteiger partial charge is 0.151 e. The van der Waals surface area contributed by atoms with Crippen LogP contribution < -0.4 is 4.90 Å². The summed E-state index contributed by atoms with van der Waals surface area (Å²) in [7, 11) is 0. The highest BCUT2D eigenvalue weighted by molar-refractivity contribution is 8.06. The molecule has 0 aliphatic carbocycles. The minimum atomic E-state index is 0.516. The lowest BCUT2D eigenvalue weighted by Crippen LogP contribution is -2.17. The molecule has 0 fully saturated rings. The highest BCUT2D eigenvalue weighted by Crippen LogP contribution is 2.46. The van der Waals surface area contributed by atoms with Crippen LogP contribution in [0.4, 0.5) is 5.69 Å². The third kappa shape index (κ3) is 3.90. The molecule has 5 aromatic rings. The van der Waals surface area contributed by atoms with Crippen LogP contribution >= 0.6 is 11.8 Å². The third-order valence-electron chi connectivity index (χ3n) is 5.98. The Labute approximate surface area is 207 Å². The van der Waals surface area contributed by atoms with Gasteiger partial charge in [-0.15, -0.1) is 0 Å². The number of hydrogen-bond donors (Lipinski definition) is 1. The van der Waals surface area contributed by atoms with Gasteiger partial charge in [0.25, 0.3) is 0 Å². The van der Waals surface area contributed by atoms with Crippen molar-refractivity contribution in [3.63, 3.8) is 0 Å².